The maximum atomic E-state index is 5.75. The Labute approximate surface area is 221 Å². The lowest BCUT2D eigenvalue weighted by atomic mass is 10.0. The van der Waals surface area contributed by atoms with Crippen molar-refractivity contribution in [2.24, 2.45) is 0 Å². The lowest BCUT2D eigenvalue weighted by molar-refractivity contribution is -0.0117. The summed E-state index contributed by atoms with van der Waals surface area (Å²) in [7, 11) is 0. The Kier molecular flexibility index (Phi) is 23.8. The molecule has 0 aromatic heterocycles. The monoisotopic (exact) mass is 594 g/mol. The number of aryl methyl sites for hydroxylation is 1. The van der Waals surface area contributed by atoms with Crippen LogP contribution in [-0.4, -0.2) is 77.1 Å². The zero-order chi connectivity index (χ0) is 24.4. The number of hydrogen-bond acceptors (Lipinski definition) is 6. The van der Waals surface area contributed by atoms with Gasteiger partial charge in [0.1, 0.15) is 12.4 Å². The minimum Gasteiger partial charge on any atom is -0.491 e. The molecule has 0 aliphatic rings. The predicted molar refractivity (Wildman–Crippen MR) is 147 cm³/mol. The zero-order valence-corrected chi connectivity index (χ0v) is 23.4. The lowest BCUT2D eigenvalue weighted by Gasteiger charge is -2.09. The minimum atomic E-state index is 0.545. The van der Waals surface area contributed by atoms with E-state index in [1.165, 1.54) is 50.5 Å². The third-order valence-corrected chi connectivity index (χ3v) is 5.64. The molecule has 0 fully saturated rings. The average Bonchev–Trinajstić information content (AvgIpc) is 2.86. The summed E-state index contributed by atoms with van der Waals surface area (Å²) in [5.41, 5.74) is 1.39. The molecule has 0 bridgehead atoms. The van der Waals surface area contributed by atoms with Crippen LogP contribution in [0, 0.1) is 0 Å². The number of alkyl halides is 1. The summed E-state index contributed by atoms with van der Waals surface area (Å²) in [6, 6.07) is 8.48. The van der Waals surface area contributed by atoms with Gasteiger partial charge in [-0.3, -0.25) is 0 Å². The van der Waals surface area contributed by atoms with E-state index in [1.807, 2.05) is 0 Å². The largest absolute Gasteiger partial charge is 0.491 e. The third kappa shape index (κ3) is 20.9. The molecule has 0 saturated carbocycles. The highest BCUT2D eigenvalue weighted by Crippen LogP contribution is 2.15. The van der Waals surface area contributed by atoms with Crippen molar-refractivity contribution >= 4 is 22.6 Å². The third-order valence-electron chi connectivity index (χ3n) is 5.20. The lowest BCUT2D eigenvalue weighted by Crippen LogP contribution is -2.14. The molecular formula is C27H47IO6. The summed E-state index contributed by atoms with van der Waals surface area (Å²) >= 11 is 2.29. The van der Waals surface area contributed by atoms with Gasteiger partial charge in [0, 0.05) is 4.43 Å². The molecule has 1 aromatic rings. The van der Waals surface area contributed by atoms with E-state index in [0.29, 0.717) is 66.1 Å². The van der Waals surface area contributed by atoms with Crippen LogP contribution < -0.4 is 4.74 Å². The van der Waals surface area contributed by atoms with Crippen LogP contribution in [-0.2, 0) is 30.1 Å². The second kappa shape index (κ2) is 25.6. The van der Waals surface area contributed by atoms with Gasteiger partial charge in [0.25, 0.3) is 0 Å². The van der Waals surface area contributed by atoms with E-state index in [2.05, 4.69) is 53.8 Å². The zero-order valence-electron chi connectivity index (χ0n) is 21.3. The number of rotatable bonds is 26. The first kappa shape index (κ1) is 31.6. The molecule has 198 valence electrons. The molecule has 0 saturated heterocycles. The van der Waals surface area contributed by atoms with Crippen LogP contribution in [0.5, 0.6) is 5.75 Å². The summed E-state index contributed by atoms with van der Waals surface area (Å²) in [6.45, 7) is 8.79. The fourth-order valence-corrected chi connectivity index (χ4v) is 3.60. The van der Waals surface area contributed by atoms with Gasteiger partial charge >= 0.3 is 0 Å². The molecule has 0 aliphatic heterocycles. The molecule has 0 spiro atoms. The van der Waals surface area contributed by atoms with E-state index >= 15 is 0 Å². The summed E-state index contributed by atoms with van der Waals surface area (Å²) in [5.74, 6) is 0.900. The van der Waals surface area contributed by atoms with Crippen molar-refractivity contribution in [2.75, 3.05) is 77.1 Å². The Hall–Kier alpha value is -0.450. The Morgan fingerprint density at radius 1 is 0.529 bits per heavy atom. The van der Waals surface area contributed by atoms with E-state index in [0.717, 1.165) is 23.2 Å². The van der Waals surface area contributed by atoms with Crippen molar-refractivity contribution in [3.8, 4) is 5.75 Å². The molecule has 0 radical (unpaired) electrons. The van der Waals surface area contributed by atoms with Gasteiger partial charge in [-0.2, -0.15) is 0 Å². The van der Waals surface area contributed by atoms with Crippen LogP contribution in [0.1, 0.15) is 57.4 Å². The van der Waals surface area contributed by atoms with Gasteiger partial charge in [0.15, 0.2) is 0 Å². The van der Waals surface area contributed by atoms with E-state index in [-0.39, 0.29) is 0 Å². The Morgan fingerprint density at radius 2 is 0.971 bits per heavy atom. The maximum Gasteiger partial charge on any atom is 0.119 e. The molecule has 7 heteroatoms. The SMILES string of the molecule is CCCCCCCCCc1ccc(OCCOCCOCCOCCOCCOCCI)cc1. The molecule has 0 unspecified atom stereocenters. The quantitative estimate of drug-likeness (QED) is 0.0760. The first-order valence-corrected chi connectivity index (χ1v) is 14.6. The second-order valence-corrected chi connectivity index (χ2v) is 9.19. The molecule has 1 rings (SSSR count). The standard InChI is InChI=1S/C27H47IO6/c1-2-3-4-5-6-7-8-9-26-10-12-27(13-11-26)34-25-24-33-23-22-32-21-20-31-19-18-30-17-16-29-15-14-28/h10-13H,2-9,14-25H2,1H3. The van der Waals surface area contributed by atoms with Crippen LogP contribution >= 0.6 is 22.6 Å². The maximum absolute atomic E-state index is 5.75. The van der Waals surface area contributed by atoms with Crippen molar-refractivity contribution in [2.45, 2.75) is 58.3 Å². The summed E-state index contributed by atoms with van der Waals surface area (Å²) < 4.78 is 34.0. The summed E-state index contributed by atoms with van der Waals surface area (Å²) in [4.78, 5) is 0. The fraction of sp³-hybridized carbons (Fsp3) is 0.778. The van der Waals surface area contributed by atoms with Gasteiger partial charge in [0.2, 0.25) is 0 Å². The highest BCUT2D eigenvalue weighted by atomic mass is 127. The van der Waals surface area contributed by atoms with Crippen molar-refractivity contribution < 1.29 is 28.4 Å². The van der Waals surface area contributed by atoms with E-state index in [9.17, 15) is 0 Å². The number of ether oxygens (including phenoxy) is 6. The molecule has 1 aromatic carbocycles. The van der Waals surface area contributed by atoms with Crippen LogP contribution in [0.3, 0.4) is 0 Å². The van der Waals surface area contributed by atoms with Crippen molar-refractivity contribution in [1.29, 1.82) is 0 Å². The molecule has 34 heavy (non-hydrogen) atoms. The average molecular weight is 595 g/mol. The predicted octanol–water partition coefficient (Wildman–Crippen LogP) is 5.88. The smallest absolute Gasteiger partial charge is 0.119 e. The van der Waals surface area contributed by atoms with Gasteiger partial charge in [-0.05, 0) is 30.5 Å². The highest BCUT2D eigenvalue weighted by Gasteiger charge is 1.98. The minimum absolute atomic E-state index is 0.545. The molecule has 0 heterocycles. The molecular weight excluding hydrogens is 547 g/mol. The topological polar surface area (TPSA) is 55.4 Å². The highest BCUT2D eigenvalue weighted by molar-refractivity contribution is 14.1. The molecule has 6 nitrogen and oxygen atoms in total. The van der Waals surface area contributed by atoms with Crippen LogP contribution in [0.25, 0.3) is 0 Å². The first-order valence-electron chi connectivity index (χ1n) is 13.0. The van der Waals surface area contributed by atoms with Gasteiger partial charge in [-0.25, -0.2) is 0 Å². The summed E-state index contributed by atoms with van der Waals surface area (Å²) in [5, 5.41) is 0. The number of benzene rings is 1. The van der Waals surface area contributed by atoms with Gasteiger partial charge in [-0.15, -0.1) is 0 Å². The van der Waals surface area contributed by atoms with Gasteiger partial charge in [0.05, 0.1) is 66.1 Å². The van der Waals surface area contributed by atoms with E-state index in [4.69, 9.17) is 28.4 Å². The Morgan fingerprint density at radius 3 is 1.47 bits per heavy atom. The van der Waals surface area contributed by atoms with Crippen molar-refractivity contribution in [1.82, 2.24) is 0 Å². The molecule has 0 aliphatic carbocycles. The van der Waals surface area contributed by atoms with Crippen molar-refractivity contribution in [3.05, 3.63) is 29.8 Å². The van der Waals surface area contributed by atoms with E-state index < -0.39 is 0 Å². The Balaban J connectivity index is 1.83. The van der Waals surface area contributed by atoms with Crippen LogP contribution in [0.2, 0.25) is 0 Å². The molecule has 0 N–H and O–H groups in total. The number of unbranched alkanes of at least 4 members (excludes halogenated alkanes) is 6. The normalized spacial score (nSPS) is 11.2. The van der Waals surface area contributed by atoms with Crippen LogP contribution in [0.15, 0.2) is 24.3 Å². The number of halogens is 1. The van der Waals surface area contributed by atoms with Crippen molar-refractivity contribution in [3.63, 3.8) is 0 Å². The van der Waals surface area contributed by atoms with E-state index in [1.54, 1.807) is 0 Å². The van der Waals surface area contributed by atoms with Crippen LogP contribution in [0.4, 0.5) is 0 Å². The van der Waals surface area contributed by atoms with Gasteiger partial charge < -0.3 is 28.4 Å². The fourth-order valence-electron chi connectivity index (χ4n) is 3.29. The second-order valence-electron chi connectivity index (χ2n) is 8.11. The number of hydrogen-bond donors (Lipinski definition) is 0. The molecule has 0 amide bonds. The Bertz CT molecular complexity index is 528. The first-order chi connectivity index (χ1) is 16.9. The summed E-state index contributed by atoms with van der Waals surface area (Å²) in [6.07, 6.45) is 10.6. The van der Waals surface area contributed by atoms with Gasteiger partial charge in [-0.1, -0.05) is 80.2 Å². The molecule has 0 atom stereocenters.